The average molecular weight is 447 g/mol. The van der Waals surface area contributed by atoms with Crippen LogP contribution < -0.4 is 25.3 Å². The highest BCUT2D eigenvalue weighted by atomic mass is 16.5. The molecule has 0 spiro atoms. The highest BCUT2D eigenvalue weighted by Crippen LogP contribution is 2.39. The molecule has 0 aliphatic rings. The van der Waals surface area contributed by atoms with E-state index in [0.717, 1.165) is 5.56 Å². The first-order valence-corrected chi connectivity index (χ1v) is 9.98. The molecule has 33 heavy (non-hydrogen) atoms. The highest BCUT2D eigenvalue weighted by molar-refractivity contribution is 6.05. The summed E-state index contributed by atoms with van der Waals surface area (Å²) in [6.07, 6.45) is 0. The molecule has 0 atom stereocenters. The van der Waals surface area contributed by atoms with Gasteiger partial charge in [0.25, 0.3) is 5.91 Å². The molecular formula is C24H21N3O6. The van der Waals surface area contributed by atoms with Crippen LogP contribution in [0.15, 0.2) is 76.0 Å². The van der Waals surface area contributed by atoms with Crippen molar-refractivity contribution in [3.05, 3.63) is 88.4 Å². The molecule has 0 fully saturated rings. The fourth-order valence-corrected chi connectivity index (χ4v) is 3.18. The Hall–Kier alpha value is -4.53. The number of H-pyrrole nitrogens is 1. The number of carbonyl (C=O) groups excluding carboxylic acids is 1. The molecule has 1 amide bonds. The third kappa shape index (κ3) is 5.04. The van der Waals surface area contributed by atoms with Crippen molar-refractivity contribution in [2.75, 3.05) is 19.5 Å². The predicted molar refractivity (Wildman–Crippen MR) is 121 cm³/mol. The lowest BCUT2D eigenvalue weighted by Gasteiger charge is -2.16. The van der Waals surface area contributed by atoms with Crippen molar-refractivity contribution < 1.29 is 23.5 Å². The quantitative estimate of drug-likeness (QED) is 0.421. The standard InChI is InChI=1S/C24H21N3O6/c1-30-19-12-17(13-20(31-2)21(19)32-14-15-7-4-3-5-8-15)23(28)25-18-10-6-9-16(11-18)22-26-24(29)33-27-22/h3-13H,14H2,1-2H3,(H,25,28)(H,26,27,29). The monoisotopic (exact) mass is 447 g/mol. The maximum absolute atomic E-state index is 12.9. The molecule has 2 N–H and O–H groups in total. The van der Waals surface area contributed by atoms with Gasteiger partial charge in [-0.1, -0.05) is 47.6 Å². The molecule has 0 radical (unpaired) electrons. The minimum atomic E-state index is -0.659. The first-order chi connectivity index (χ1) is 16.1. The van der Waals surface area contributed by atoms with E-state index in [1.807, 2.05) is 30.3 Å². The fourth-order valence-electron chi connectivity index (χ4n) is 3.18. The van der Waals surface area contributed by atoms with Gasteiger partial charge in [0.1, 0.15) is 6.61 Å². The molecule has 4 aromatic rings. The van der Waals surface area contributed by atoms with E-state index in [1.165, 1.54) is 14.2 Å². The molecule has 0 aliphatic heterocycles. The first kappa shape index (κ1) is 21.7. The van der Waals surface area contributed by atoms with Gasteiger partial charge in [0, 0.05) is 16.8 Å². The van der Waals surface area contributed by atoms with E-state index < -0.39 is 5.76 Å². The van der Waals surface area contributed by atoms with E-state index in [4.69, 9.17) is 14.2 Å². The van der Waals surface area contributed by atoms with Crippen LogP contribution in [0.4, 0.5) is 5.69 Å². The maximum Gasteiger partial charge on any atom is 0.439 e. The Kier molecular flexibility index (Phi) is 6.40. The summed E-state index contributed by atoms with van der Waals surface area (Å²) in [7, 11) is 2.99. The summed E-state index contributed by atoms with van der Waals surface area (Å²) in [5, 5.41) is 6.47. The normalized spacial score (nSPS) is 10.5. The minimum absolute atomic E-state index is 0.263. The number of methoxy groups -OCH3 is 2. The van der Waals surface area contributed by atoms with Crippen molar-refractivity contribution in [3.63, 3.8) is 0 Å². The number of benzene rings is 3. The summed E-state index contributed by atoms with van der Waals surface area (Å²) in [6.45, 7) is 0.316. The molecule has 1 aromatic heterocycles. The zero-order valence-corrected chi connectivity index (χ0v) is 18.0. The molecule has 9 nitrogen and oxygen atoms in total. The lowest BCUT2D eigenvalue weighted by molar-refractivity contribution is 0.102. The molecule has 9 heteroatoms. The second-order valence-electron chi connectivity index (χ2n) is 6.96. The number of hydrogen-bond donors (Lipinski definition) is 2. The summed E-state index contributed by atoms with van der Waals surface area (Å²) in [5.74, 6) is 0.352. The van der Waals surface area contributed by atoms with E-state index in [2.05, 4.69) is 20.0 Å². The van der Waals surface area contributed by atoms with Gasteiger partial charge in [-0.05, 0) is 29.8 Å². The van der Waals surface area contributed by atoms with Crippen molar-refractivity contribution in [1.29, 1.82) is 0 Å². The number of carbonyl (C=O) groups is 1. The molecule has 0 aliphatic carbocycles. The summed E-state index contributed by atoms with van der Waals surface area (Å²) < 4.78 is 21.4. The number of hydrogen-bond acceptors (Lipinski definition) is 7. The SMILES string of the molecule is COc1cc(C(=O)Nc2cccc(-c3noc(=O)[nH]3)c2)cc(OC)c1OCc1ccccc1. The molecule has 168 valence electrons. The Balaban J connectivity index is 1.56. The van der Waals surface area contributed by atoms with Crippen molar-refractivity contribution >= 4 is 11.6 Å². The Morgan fingerprint density at radius 2 is 1.73 bits per heavy atom. The lowest BCUT2D eigenvalue weighted by atomic mass is 10.1. The third-order valence-corrected chi connectivity index (χ3v) is 4.78. The van der Waals surface area contributed by atoms with Crippen LogP contribution in [0.2, 0.25) is 0 Å². The number of nitrogens with one attached hydrogen (secondary N) is 2. The van der Waals surface area contributed by atoms with Crippen LogP contribution in [0.5, 0.6) is 17.2 Å². The highest BCUT2D eigenvalue weighted by Gasteiger charge is 2.18. The molecule has 1 heterocycles. The third-order valence-electron chi connectivity index (χ3n) is 4.78. The predicted octanol–water partition coefficient (Wildman–Crippen LogP) is 3.88. The number of amides is 1. The number of ether oxygens (including phenoxy) is 3. The fraction of sp³-hybridized carbons (Fsp3) is 0.125. The zero-order valence-electron chi connectivity index (χ0n) is 18.0. The smallest absolute Gasteiger partial charge is 0.439 e. The molecule has 0 saturated carbocycles. The van der Waals surface area contributed by atoms with E-state index in [1.54, 1.807) is 36.4 Å². The summed E-state index contributed by atoms with van der Waals surface area (Å²) in [4.78, 5) is 26.6. The number of anilines is 1. The van der Waals surface area contributed by atoms with Gasteiger partial charge in [0.2, 0.25) is 5.75 Å². The van der Waals surface area contributed by atoms with Crippen LogP contribution in [-0.4, -0.2) is 30.3 Å². The van der Waals surface area contributed by atoms with Crippen molar-refractivity contribution in [2.45, 2.75) is 6.61 Å². The minimum Gasteiger partial charge on any atom is -0.493 e. The number of nitrogens with zero attached hydrogens (tertiary/aromatic N) is 1. The zero-order chi connectivity index (χ0) is 23.2. The van der Waals surface area contributed by atoms with Gasteiger partial charge in [-0.15, -0.1) is 0 Å². The molecule has 0 saturated heterocycles. The van der Waals surface area contributed by atoms with Crippen molar-refractivity contribution in [2.24, 2.45) is 0 Å². The van der Waals surface area contributed by atoms with Crippen LogP contribution in [0, 0.1) is 0 Å². The van der Waals surface area contributed by atoms with Gasteiger partial charge >= 0.3 is 5.76 Å². The van der Waals surface area contributed by atoms with Gasteiger partial charge in [-0.2, -0.15) is 0 Å². The second kappa shape index (κ2) is 9.73. The van der Waals surface area contributed by atoms with Crippen LogP contribution in [0.25, 0.3) is 11.4 Å². The van der Waals surface area contributed by atoms with E-state index >= 15 is 0 Å². The molecular weight excluding hydrogens is 426 g/mol. The largest absolute Gasteiger partial charge is 0.493 e. The van der Waals surface area contributed by atoms with E-state index in [-0.39, 0.29) is 11.7 Å². The Labute approximate surface area is 188 Å². The number of rotatable bonds is 8. The van der Waals surface area contributed by atoms with Crippen LogP contribution in [-0.2, 0) is 6.61 Å². The number of aromatic nitrogens is 2. The Bertz CT molecular complexity index is 1290. The van der Waals surface area contributed by atoms with E-state index in [0.29, 0.717) is 40.7 Å². The van der Waals surface area contributed by atoms with Crippen LogP contribution in [0.3, 0.4) is 0 Å². The van der Waals surface area contributed by atoms with Crippen molar-refractivity contribution in [1.82, 2.24) is 10.1 Å². The average Bonchev–Trinajstić information content (AvgIpc) is 3.29. The lowest BCUT2D eigenvalue weighted by Crippen LogP contribution is -2.13. The van der Waals surface area contributed by atoms with Crippen LogP contribution in [0.1, 0.15) is 15.9 Å². The Morgan fingerprint density at radius 1 is 1.00 bits per heavy atom. The van der Waals surface area contributed by atoms with Gasteiger partial charge in [-0.25, -0.2) is 4.79 Å². The van der Waals surface area contributed by atoms with Gasteiger partial charge in [0.15, 0.2) is 17.3 Å². The first-order valence-electron chi connectivity index (χ1n) is 9.98. The van der Waals surface area contributed by atoms with Gasteiger partial charge in [-0.3, -0.25) is 14.3 Å². The molecule has 3 aromatic carbocycles. The molecule has 0 bridgehead atoms. The van der Waals surface area contributed by atoms with Crippen molar-refractivity contribution in [3.8, 4) is 28.6 Å². The summed E-state index contributed by atoms with van der Waals surface area (Å²) >= 11 is 0. The van der Waals surface area contributed by atoms with Crippen LogP contribution >= 0.6 is 0 Å². The van der Waals surface area contributed by atoms with Gasteiger partial charge in [0.05, 0.1) is 14.2 Å². The maximum atomic E-state index is 12.9. The summed E-state index contributed by atoms with van der Waals surface area (Å²) in [6, 6.07) is 19.7. The van der Waals surface area contributed by atoms with Gasteiger partial charge < -0.3 is 19.5 Å². The topological polar surface area (TPSA) is 116 Å². The molecule has 0 unspecified atom stereocenters. The Morgan fingerprint density at radius 3 is 2.36 bits per heavy atom. The summed E-state index contributed by atoms with van der Waals surface area (Å²) in [5.41, 5.74) is 2.38. The number of aromatic amines is 1. The molecule has 4 rings (SSSR count). The second-order valence-corrected chi connectivity index (χ2v) is 6.96. The van der Waals surface area contributed by atoms with E-state index in [9.17, 15) is 9.59 Å².